The summed E-state index contributed by atoms with van der Waals surface area (Å²) >= 11 is 12.8. The van der Waals surface area contributed by atoms with E-state index in [9.17, 15) is 9.35 Å². The van der Waals surface area contributed by atoms with E-state index < -0.39 is 16.1 Å². The van der Waals surface area contributed by atoms with Crippen molar-refractivity contribution < 1.29 is 18.8 Å². The molecule has 1 saturated heterocycles. The van der Waals surface area contributed by atoms with Crippen LogP contribution in [-0.2, 0) is 22.7 Å². The van der Waals surface area contributed by atoms with Crippen molar-refractivity contribution >= 4 is 40.5 Å². The summed E-state index contributed by atoms with van der Waals surface area (Å²) in [7, 11) is 3.07. The second kappa shape index (κ2) is 15.4. The number of amides is 1. The van der Waals surface area contributed by atoms with Crippen LogP contribution in [0.4, 0.5) is 0 Å². The van der Waals surface area contributed by atoms with E-state index in [-0.39, 0.29) is 18.0 Å². The van der Waals surface area contributed by atoms with Crippen molar-refractivity contribution in [2.75, 3.05) is 20.8 Å². The molecule has 0 bridgehead atoms. The minimum Gasteiger partial charge on any atom is -0.598 e. The molecule has 11 nitrogen and oxygen atoms in total. The molecule has 1 amide bonds. The lowest BCUT2D eigenvalue weighted by Gasteiger charge is -2.26. The Bertz CT molecular complexity index is 1790. The number of ether oxygens (including phenoxy) is 2. The first-order chi connectivity index (χ1) is 22.9. The molecule has 4 aromatic rings. The maximum atomic E-state index is 12.7. The third-order valence-electron chi connectivity index (χ3n) is 7.82. The fourth-order valence-electron chi connectivity index (χ4n) is 5.23. The fourth-order valence-corrected chi connectivity index (χ4v) is 6.67. The number of aromatic nitrogens is 4. The average Bonchev–Trinajstić information content (AvgIpc) is 3.49. The van der Waals surface area contributed by atoms with E-state index in [1.165, 1.54) is 7.11 Å². The van der Waals surface area contributed by atoms with Gasteiger partial charge in [-0.3, -0.25) is 14.8 Å². The number of methoxy groups -OCH3 is 2. The van der Waals surface area contributed by atoms with E-state index in [4.69, 9.17) is 42.6 Å². The van der Waals surface area contributed by atoms with Gasteiger partial charge < -0.3 is 24.7 Å². The number of benzene rings is 2. The lowest BCUT2D eigenvalue weighted by Crippen LogP contribution is -2.40. The monoisotopic (exact) mass is 711 g/mol. The van der Waals surface area contributed by atoms with Crippen molar-refractivity contribution in [3.05, 3.63) is 70.2 Å². The molecule has 0 radical (unpaired) electrons. The highest BCUT2D eigenvalue weighted by molar-refractivity contribution is 7.90. The van der Waals surface area contributed by atoms with E-state index in [0.717, 1.165) is 6.42 Å². The van der Waals surface area contributed by atoms with Crippen LogP contribution in [0, 0.1) is 0 Å². The van der Waals surface area contributed by atoms with E-state index in [1.807, 2.05) is 64.1 Å². The molecule has 3 N–H and O–H groups in total. The van der Waals surface area contributed by atoms with E-state index in [0.29, 0.717) is 86.3 Å². The Morgan fingerprint density at radius 3 is 2.06 bits per heavy atom. The van der Waals surface area contributed by atoms with Crippen LogP contribution < -0.4 is 24.8 Å². The zero-order valence-electron chi connectivity index (χ0n) is 27.7. The Morgan fingerprint density at radius 2 is 1.52 bits per heavy atom. The number of carbonyl (C=O) groups is 1. The topological polar surface area (TPSA) is 146 Å². The largest absolute Gasteiger partial charge is 0.598 e. The molecule has 14 heteroatoms. The first-order valence-electron chi connectivity index (χ1n) is 15.5. The second-order valence-electron chi connectivity index (χ2n) is 12.3. The van der Waals surface area contributed by atoms with Crippen LogP contribution in [0.5, 0.6) is 11.8 Å². The van der Waals surface area contributed by atoms with Crippen LogP contribution in [0.3, 0.4) is 0 Å². The van der Waals surface area contributed by atoms with Crippen LogP contribution in [-0.4, -0.2) is 61.9 Å². The summed E-state index contributed by atoms with van der Waals surface area (Å²) in [4.78, 5) is 30.1. The van der Waals surface area contributed by atoms with Crippen LogP contribution in [0.15, 0.2) is 48.8 Å². The summed E-state index contributed by atoms with van der Waals surface area (Å²) in [6.07, 6.45) is 4.65. The fraction of sp³-hybridized carbons (Fsp3) is 0.382. The van der Waals surface area contributed by atoms with Gasteiger partial charge in [-0.25, -0.2) is 9.97 Å². The highest BCUT2D eigenvalue weighted by atomic mass is 35.5. The average molecular weight is 713 g/mol. The maximum Gasteiger partial charge on any atom is 0.237 e. The summed E-state index contributed by atoms with van der Waals surface area (Å²) in [6.45, 7) is 8.61. The maximum absolute atomic E-state index is 12.7. The molecule has 3 heterocycles. The standard InChI is InChI=1S/C34H39Cl2N7O4S/c1-19(43-48(45)34(2,3)4)31-33(47-6)42-26(18-39-31)24-12-8-10-22(30(24)36)21-9-7-11-23(29(21)35)25-17-38-27(32(41-25)46-5)16-37-15-20-13-14-28(44)40-20/h7-12,17-20,37,43H,13-16H2,1-6H3,(H,40,44)/t19-,20+,48?/m1/s1. The molecule has 2 aromatic carbocycles. The Kier molecular flexibility index (Phi) is 11.4. The zero-order chi connectivity index (χ0) is 34.6. The van der Waals surface area contributed by atoms with E-state index in [1.54, 1.807) is 19.5 Å². The molecule has 3 atom stereocenters. The summed E-state index contributed by atoms with van der Waals surface area (Å²) < 4.78 is 26.5. The smallest absolute Gasteiger partial charge is 0.237 e. The molecular formula is C34H39Cl2N7O4S. The van der Waals surface area contributed by atoms with Gasteiger partial charge in [-0.15, -0.1) is 4.72 Å². The number of nitrogens with zero attached hydrogens (tertiary/aromatic N) is 4. The Morgan fingerprint density at radius 1 is 0.958 bits per heavy atom. The van der Waals surface area contributed by atoms with Crippen molar-refractivity contribution in [3.63, 3.8) is 0 Å². The van der Waals surface area contributed by atoms with Gasteiger partial charge in [0, 0.05) is 59.2 Å². The van der Waals surface area contributed by atoms with Gasteiger partial charge in [-0.1, -0.05) is 59.6 Å². The minimum absolute atomic E-state index is 0.0775. The van der Waals surface area contributed by atoms with Crippen molar-refractivity contribution in [1.29, 1.82) is 0 Å². The van der Waals surface area contributed by atoms with E-state index in [2.05, 4.69) is 25.3 Å². The molecule has 1 aliphatic heterocycles. The molecule has 0 spiro atoms. The van der Waals surface area contributed by atoms with Gasteiger partial charge in [-0.2, -0.15) is 0 Å². The number of rotatable bonds is 12. The summed E-state index contributed by atoms with van der Waals surface area (Å²) in [5.74, 6) is 0.757. The SMILES string of the molecule is COc1nc(-c2cccc(-c3cccc(-c4cnc([C@@H](C)N[S+]([O-])C(C)(C)C)c(OC)n4)c3Cl)c2Cl)cnc1CNC[C@@H]1CCC(=O)N1. The Labute approximate surface area is 293 Å². The molecular weight excluding hydrogens is 673 g/mol. The van der Waals surface area contributed by atoms with Gasteiger partial charge in [0.15, 0.2) is 0 Å². The molecule has 2 aromatic heterocycles. The molecule has 1 fully saturated rings. The Balaban J connectivity index is 1.40. The van der Waals surface area contributed by atoms with Gasteiger partial charge in [0.2, 0.25) is 17.7 Å². The summed E-state index contributed by atoms with van der Waals surface area (Å²) in [5, 5.41) is 7.15. The van der Waals surface area contributed by atoms with Gasteiger partial charge in [0.25, 0.3) is 0 Å². The molecule has 1 aliphatic rings. The van der Waals surface area contributed by atoms with Gasteiger partial charge in [-0.05, 0) is 34.1 Å². The van der Waals surface area contributed by atoms with Crippen LogP contribution in [0.1, 0.15) is 58.0 Å². The number of halogens is 2. The minimum atomic E-state index is -1.31. The van der Waals surface area contributed by atoms with Crippen molar-refractivity contribution in [2.45, 2.75) is 63.9 Å². The molecule has 254 valence electrons. The lowest BCUT2D eigenvalue weighted by atomic mass is 9.98. The summed E-state index contributed by atoms with van der Waals surface area (Å²) in [5.41, 5.74) is 4.92. The van der Waals surface area contributed by atoms with Gasteiger partial charge in [0.05, 0.1) is 54.1 Å². The van der Waals surface area contributed by atoms with Crippen molar-refractivity contribution in [2.24, 2.45) is 0 Å². The van der Waals surface area contributed by atoms with Gasteiger partial charge in [0.1, 0.15) is 16.1 Å². The number of hydrogen-bond donors (Lipinski definition) is 3. The molecule has 1 unspecified atom stereocenters. The molecule has 5 rings (SSSR count). The lowest BCUT2D eigenvalue weighted by molar-refractivity contribution is -0.119. The number of carbonyl (C=O) groups excluding carboxylic acids is 1. The number of hydrogen-bond acceptors (Lipinski definition) is 10. The third kappa shape index (κ3) is 8.02. The highest BCUT2D eigenvalue weighted by Crippen LogP contribution is 2.42. The van der Waals surface area contributed by atoms with Crippen LogP contribution in [0.25, 0.3) is 33.6 Å². The zero-order valence-corrected chi connectivity index (χ0v) is 30.0. The third-order valence-corrected chi connectivity index (χ3v) is 10.3. The predicted molar refractivity (Wildman–Crippen MR) is 189 cm³/mol. The summed E-state index contributed by atoms with van der Waals surface area (Å²) in [6, 6.07) is 11.0. The van der Waals surface area contributed by atoms with Crippen molar-refractivity contribution in [1.82, 2.24) is 35.3 Å². The number of nitrogens with one attached hydrogen (secondary N) is 3. The normalized spacial score (nSPS) is 16.0. The molecule has 0 saturated carbocycles. The van der Waals surface area contributed by atoms with Crippen LogP contribution >= 0.6 is 23.2 Å². The van der Waals surface area contributed by atoms with Crippen LogP contribution in [0.2, 0.25) is 10.0 Å². The first kappa shape index (κ1) is 35.8. The quantitative estimate of drug-likeness (QED) is 0.148. The first-order valence-corrected chi connectivity index (χ1v) is 17.4. The van der Waals surface area contributed by atoms with Crippen molar-refractivity contribution in [3.8, 4) is 45.4 Å². The predicted octanol–water partition coefficient (Wildman–Crippen LogP) is 6.07. The molecule has 0 aliphatic carbocycles. The Hall–Kier alpha value is -3.52. The van der Waals surface area contributed by atoms with Gasteiger partial charge >= 0.3 is 0 Å². The van der Waals surface area contributed by atoms with E-state index >= 15 is 0 Å². The molecule has 48 heavy (non-hydrogen) atoms. The second-order valence-corrected chi connectivity index (χ2v) is 15.1. The highest BCUT2D eigenvalue weighted by Gasteiger charge is 2.30.